The van der Waals surface area contributed by atoms with Gasteiger partial charge in [-0.15, -0.1) is 0 Å². The van der Waals surface area contributed by atoms with Crippen molar-refractivity contribution >= 4 is 19.6 Å². The molecule has 0 radical (unpaired) electrons. The first-order valence-electron chi connectivity index (χ1n) is 8.38. The molecule has 1 nitrogen and oxygen atoms in total. The number of anilines is 1. The molecule has 1 aliphatic carbocycles. The minimum absolute atomic E-state index is 0.901. The largest absolute Gasteiger partial charge is 0.377 e. The Kier molecular flexibility index (Phi) is 5.16. The van der Waals surface area contributed by atoms with E-state index in [0.717, 1.165) is 14.2 Å². The number of hydrogen-bond donors (Lipinski definition) is 0. The fraction of sp³-hybridized carbons (Fsp3) is 0.400. The molecule has 1 atom stereocenters. The van der Waals surface area contributed by atoms with E-state index in [0.29, 0.717) is 0 Å². The molecule has 2 heteroatoms. The number of rotatable bonds is 4. The summed E-state index contributed by atoms with van der Waals surface area (Å²) in [5.74, 6) is 0. The van der Waals surface area contributed by atoms with E-state index in [-0.39, 0.29) is 0 Å². The van der Waals surface area contributed by atoms with Gasteiger partial charge in [0.1, 0.15) is 0 Å². The average Bonchev–Trinajstić information content (AvgIpc) is 2.56. The summed E-state index contributed by atoms with van der Waals surface area (Å²) in [4.78, 5) is 2.30. The van der Waals surface area contributed by atoms with Crippen LogP contribution < -0.4 is 10.2 Å². The van der Waals surface area contributed by atoms with E-state index in [4.69, 9.17) is 0 Å². The third kappa shape index (κ3) is 3.52. The van der Waals surface area contributed by atoms with E-state index in [1.54, 1.807) is 5.30 Å². The Balaban J connectivity index is 1.96. The lowest BCUT2D eigenvalue weighted by Crippen LogP contribution is -2.20. The van der Waals surface area contributed by atoms with Crippen molar-refractivity contribution in [3.8, 4) is 11.1 Å². The highest BCUT2D eigenvalue weighted by molar-refractivity contribution is 7.48. The van der Waals surface area contributed by atoms with Crippen LogP contribution in [0.3, 0.4) is 0 Å². The predicted octanol–water partition coefficient (Wildman–Crippen LogP) is 5.06. The SMILES string of the molecule is CN(C)c1c(PC2CCCCC2)cccc1-c1ccccc1. The van der Waals surface area contributed by atoms with Crippen molar-refractivity contribution in [1.29, 1.82) is 0 Å². The quantitative estimate of drug-likeness (QED) is 0.714. The van der Waals surface area contributed by atoms with Crippen LogP contribution in [-0.4, -0.2) is 19.8 Å². The lowest BCUT2D eigenvalue weighted by atomic mass is 10.0. The molecule has 0 aliphatic heterocycles. The van der Waals surface area contributed by atoms with Crippen molar-refractivity contribution in [2.45, 2.75) is 37.8 Å². The standard InChI is InChI=1S/C20H26NP/c1-21(2)20-18(16-10-5-3-6-11-16)14-9-15-19(20)22-17-12-7-4-8-13-17/h3,5-6,9-11,14-15,17,22H,4,7-8,12-13H2,1-2H3. The van der Waals surface area contributed by atoms with Crippen molar-refractivity contribution in [3.05, 3.63) is 48.5 Å². The first-order valence-corrected chi connectivity index (χ1v) is 9.46. The third-order valence-electron chi connectivity index (χ3n) is 4.53. The monoisotopic (exact) mass is 311 g/mol. The molecule has 3 rings (SSSR count). The van der Waals surface area contributed by atoms with Crippen molar-refractivity contribution in [1.82, 2.24) is 0 Å². The molecular weight excluding hydrogens is 285 g/mol. The summed E-state index contributed by atoms with van der Waals surface area (Å²) >= 11 is 0. The van der Waals surface area contributed by atoms with Crippen LogP contribution in [0.2, 0.25) is 0 Å². The summed E-state index contributed by atoms with van der Waals surface area (Å²) in [5.41, 5.74) is 5.00. The lowest BCUT2D eigenvalue weighted by Gasteiger charge is -2.26. The van der Waals surface area contributed by atoms with Crippen molar-refractivity contribution in [3.63, 3.8) is 0 Å². The van der Waals surface area contributed by atoms with Gasteiger partial charge in [0.25, 0.3) is 0 Å². The first-order chi connectivity index (χ1) is 10.8. The predicted molar refractivity (Wildman–Crippen MR) is 101 cm³/mol. The fourth-order valence-corrected chi connectivity index (χ4v) is 5.28. The van der Waals surface area contributed by atoms with Gasteiger partial charge in [-0.25, -0.2) is 0 Å². The van der Waals surface area contributed by atoms with Crippen LogP contribution in [0.15, 0.2) is 48.5 Å². The number of benzene rings is 2. The molecule has 1 aliphatic rings. The molecular formula is C20H26NP. The maximum Gasteiger partial charge on any atom is 0.0516 e. The summed E-state index contributed by atoms with van der Waals surface area (Å²) in [6, 6.07) is 17.6. The highest BCUT2D eigenvalue weighted by Crippen LogP contribution is 2.37. The molecule has 1 saturated carbocycles. The summed E-state index contributed by atoms with van der Waals surface area (Å²) in [6.45, 7) is 0. The van der Waals surface area contributed by atoms with Gasteiger partial charge in [-0.05, 0) is 29.4 Å². The van der Waals surface area contributed by atoms with Gasteiger partial charge >= 0.3 is 0 Å². The smallest absolute Gasteiger partial charge is 0.0516 e. The maximum atomic E-state index is 2.34. The van der Waals surface area contributed by atoms with Gasteiger partial charge in [-0.1, -0.05) is 76.4 Å². The second kappa shape index (κ2) is 7.29. The highest BCUT2D eigenvalue weighted by atomic mass is 31.1. The van der Waals surface area contributed by atoms with Crippen LogP contribution >= 0.6 is 8.58 Å². The fourth-order valence-electron chi connectivity index (χ4n) is 3.46. The molecule has 0 bridgehead atoms. The van der Waals surface area contributed by atoms with E-state index in [1.807, 2.05) is 0 Å². The maximum absolute atomic E-state index is 2.34. The van der Waals surface area contributed by atoms with Crippen LogP contribution in [0.5, 0.6) is 0 Å². The van der Waals surface area contributed by atoms with Crippen LogP contribution in [0, 0.1) is 0 Å². The van der Waals surface area contributed by atoms with Gasteiger partial charge in [0.2, 0.25) is 0 Å². The molecule has 0 N–H and O–H groups in total. The Morgan fingerprint density at radius 2 is 1.59 bits per heavy atom. The number of nitrogens with zero attached hydrogens (tertiary/aromatic N) is 1. The number of hydrogen-bond acceptors (Lipinski definition) is 1. The average molecular weight is 311 g/mol. The van der Waals surface area contributed by atoms with Gasteiger partial charge < -0.3 is 4.90 Å². The zero-order chi connectivity index (χ0) is 15.4. The Morgan fingerprint density at radius 3 is 2.27 bits per heavy atom. The Morgan fingerprint density at radius 1 is 0.864 bits per heavy atom. The molecule has 2 aromatic rings. The summed E-state index contributed by atoms with van der Waals surface area (Å²) < 4.78 is 0. The summed E-state index contributed by atoms with van der Waals surface area (Å²) in [7, 11) is 5.30. The molecule has 0 heterocycles. The minimum atomic E-state index is 0.901. The van der Waals surface area contributed by atoms with Crippen molar-refractivity contribution in [2.75, 3.05) is 19.0 Å². The number of para-hydroxylation sites is 1. The molecule has 2 aromatic carbocycles. The Labute approximate surface area is 136 Å². The van der Waals surface area contributed by atoms with E-state index in [1.165, 1.54) is 48.9 Å². The van der Waals surface area contributed by atoms with Crippen molar-refractivity contribution in [2.24, 2.45) is 0 Å². The molecule has 0 aromatic heterocycles. The molecule has 1 unspecified atom stereocenters. The normalized spacial score (nSPS) is 16.3. The minimum Gasteiger partial charge on any atom is -0.377 e. The molecule has 0 saturated heterocycles. The van der Waals surface area contributed by atoms with Gasteiger partial charge in [-0.2, -0.15) is 0 Å². The third-order valence-corrected chi connectivity index (χ3v) is 6.23. The van der Waals surface area contributed by atoms with Gasteiger partial charge in [0.15, 0.2) is 0 Å². The van der Waals surface area contributed by atoms with Crippen LogP contribution in [0.1, 0.15) is 32.1 Å². The van der Waals surface area contributed by atoms with E-state index in [9.17, 15) is 0 Å². The van der Waals surface area contributed by atoms with Crippen LogP contribution in [0.25, 0.3) is 11.1 Å². The first kappa shape index (κ1) is 15.6. The van der Waals surface area contributed by atoms with Gasteiger partial charge in [0.05, 0.1) is 5.69 Å². The second-order valence-electron chi connectivity index (χ2n) is 6.44. The Hall–Kier alpha value is -1.33. The molecule has 0 amide bonds. The lowest BCUT2D eigenvalue weighted by molar-refractivity contribution is 0.514. The topological polar surface area (TPSA) is 3.24 Å². The highest BCUT2D eigenvalue weighted by Gasteiger charge is 2.18. The van der Waals surface area contributed by atoms with Gasteiger partial charge in [-0.3, -0.25) is 0 Å². The van der Waals surface area contributed by atoms with E-state index in [2.05, 4.69) is 67.5 Å². The zero-order valence-electron chi connectivity index (χ0n) is 13.7. The molecule has 1 fully saturated rings. The second-order valence-corrected chi connectivity index (χ2v) is 8.09. The van der Waals surface area contributed by atoms with Crippen LogP contribution in [0.4, 0.5) is 5.69 Å². The summed E-state index contributed by atoms with van der Waals surface area (Å²) in [6.07, 6.45) is 7.12. The van der Waals surface area contributed by atoms with Crippen molar-refractivity contribution < 1.29 is 0 Å². The van der Waals surface area contributed by atoms with E-state index >= 15 is 0 Å². The summed E-state index contributed by atoms with van der Waals surface area (Å²) in [5, 5.41) is 1.54. The molecule has 116 valence electrons. The Bertz CT molecular complexity index is 600. The molecule has 0 spiro atoms. The van der Waals surface area contributed by atoms with E-state index < -0.39 is 0 Å². The molecule has 22 heavy (non-hydrogen) atoms. The van der Waals surface area contributed by atoms with Gasteiger partial charge in [0, 0.05) is 19.7 Å². The zero-order valence-corrected chi connectivity index (χ0v) is 14.7. The van der Waals surface area contributed by atoms with Crippen LogP contribution in [-0.2, 0) is 0 Å².